The number of nitrogens with zero attached hydrogens (tertiary/aromatic N) is 3. The first kappa shape index (κ1) is 19.2. The molecule has 1 aromatic carbocycles. The highest BCUT2D eigenvalue weighted by Gasteiger charge is 2.28. The van der Waals surface area contributed by atoms with Gasteiger partial charge in [0.25, 0.3) is 6.43 Å². The number of aromatic nitrogens is 2. The number of hydrogen-bond donors (Lipinski definition) is 1. The zero-order chi connectivity index (χ0) is 19.4. The molecule has 1 N–H and O–H groups in total. The number of aryl methyl sites for hydroxylation is 2. The van der Waals surface area contributed by atoms with Crippen LogP contribution in [0.2, 0.25) is 0 Å². The zero-order valence-electron chi connectivity index (χ0n) is 15.8. The molecule has 1 aromatic heterocycles. The van der Waals surface area contributed by atoms with Gasteiger partial charge in [0.2, 0.25) is 0 Å². The Kier molecular flexibility index (Phi) is 5.98. The first-order valence-corrected chi connectivity index (χ1v) is 9.23. The van der Waals surface area contributed by atoms with Gasteiger partial charge in [-0.15, -0.1) is 0 Å². The molecule has 7 heteroatoms. The second-order valence-electron chi connectivity index (χ2n) is 6.63. The molecule has 1 unspecified atom stereocenters. The lowest BCUT2D eigenvalue weighted by atomic mass is 10.0. The van der Waals surface area contributed by atoms with E-state index in [1.54, 1.807) is 7.05 Å². The summed E-state index contributed by atoms with van der Waals surface area (Å²) < 4.78 is 34.0. The van der Waals surface area contributed by atoms with Gasteiger partial charge < -0.3 is 19.5 Å². The highest BCUT2D eigenvalue weighted by Crippen LogP contribution is 2.32. The van der Waals surface area contributed by atoms with Crippen molar-refractivity contribution in [2.45, 2.75) is 38.8 Å². The minimum absolute atomic E-state index is 0.136. The van der Waals surface area contributed by atoms with E-state index in [9.17, 15) is 8.78 Å². The molecule has 5 nitrogen and oxygen atoms in total. The van der Waals surface area contributed by atoms with Crippen molar-refractivity contribution in [3.63, 3.8) is 0 Å². The van der Waals surface area contributed by atoms with Gasteiger partial charge in [-0.25, -0.2) is 13.8 Å². The van der Waals surface area contributed by atoms with Crippen LogP contribution in [-0.2, 0) is 17.7 Å². The van der Waals surface area contributed by atoms with Gasteiger partial charge in [-0.2, -0.15) is 0 Å². The maximum absolute atomic E-state index is 13.5. The normalized spacial score (nSPS) is 14.1. The van der Waals surface area contributed by atoms with Crippen molar-refractivity contribution < 1.29 is 13.5 Å². The van der Waals surface area contributed by atoms with Crippen LogP contribution in [0.3, 0.4) is 0 Å². The highest BCUT2D eigenvalue weighted by atomic mass is 19.3. The monoisotopic (exact) mass is 376 g/mol. The van der Waals surface area contributed by atoms with Crippen molar-refractivity contribution in [1.82, 2.24) is 9.55 Å². The summed E-state index contributed by atoms with van der Waals surface area (Å²) in [6.07, 6.45) is 2.44. The highest BCUT2D eigenvalue weighted by molar-refractivity contribution is 5.68. The molecule has 1 atom stereocenters. The molecule has 1 aliphatic heterocycles. The molecule has 0 radical (unpaired) electrons. The second kappa shape index (κ2) is 8.41. The van der Waals surface area contributed by atoms with Gasteiger partial charge in [0, 0.05) is 37.6 Å². The molecule has 2 heterocycles. The van der Waals surface area contributed by atoms with Crippen LogP contribution in [-0.4, -0.2) is 42.2 Å². The molecule has 0 amide bonds. The molecule has 146 valence electrons. The predicted molar refractivity (Wildman–Crippen MR) is 104 cm³/mol. The van der Waals surface area contributed by atoms with Gasteiger partial charge >= 0.3 is 0 Å². The number of hydrogen-bond acceptors (Lipinski definition) is 4. The second-order valence-corrected chi connectivity index (χ2v) is 6.63. The average Bonchev–Trinajstić information content (AvgIpc) is 2.99. The van der Waals surface area contributed by atoms with E-state index >= 15 is 0 Å². The van der Waals surface area contributed by atoms with Crippen molar-refractivity contribution in [3.8, 4) is 11.4 Å². The Bertz CT molecular complexity index is 790. The smallest absolute Gasteiger partial charge is 0.261 e. The standard InChI is InChI=1S/C20H26F2N4O/c1-4-23-15-8-9-16-14(11-15)7-6-10-26-12-18(24-20(16)26)25(3)17(19(21)22)13-27-5-2/h5,8-9,11-12,17,19,23H,2,4,6-7,10,13H2,1,3H3. The third-order valence-electron chi connectivity index (χ3n) is 4.87. The summed E-state index contributed by atoms with van der Waals surface area (Å²) in [5.74, 6) is 1.34. The van der Waals surface area contributed by atoms with Gasteiger partial charge in [0.1, 0.15) is 24.3 Å². The van der Waals surface area contributed by atoms with Gasteiger partial charge in [-0.05, 0) is 43.5 Å². The Balaban J connectivity index is 1.93. The Morgan fingerprint density at radius 3 is 2.96 bits per heavy atom. The van der Waals surface area contributed by atoms with E-state index in [1.807, 2.05) is 12.3 Å². The first-order chi connectivity index (χ1) is 13.0. The number of fused-ring (bicyclic) bond motifs is 3. The number of benzene rings is 1. The number of rotatable bonds is 8. The number of likely N-dealkylation sites (N-methyl/N-ethyl adjacent to an activating group) is 1. The summed E-state index contributed by atoms with van der Waals surface area (Å²) in [6, 6.07) is 5.17. The van der Waals surface area contributed by atoms with Crippen LogP contribution >= 0.6 is 0 Å². The lowest BCUT2D eigenvalue weighted by Crippen LogP contribution is -2.41. The van der Waals surface area contributed by atoms with E-state index in [0.29, 0.717) is 5.82 Å². The Morgan fingerprint density at radius 1 is 1.44 bits per heavy atom. The van der Waals surface area contributed by atoms with Crippen molar-refractivity contribution in [2.24, 2.45) is 0 Å². The molecule has 0 aliphatic carbocycles. The molecule has 27 heavy (non-hydrogen) atoms. The molecule has 3 rings (SSSR count). The predicted octanol–water partition coefficient (Wildman–Crippen LogP) is 4.16. The van der Waals surface area contributed by atoms with Crippen LogP contribution < -0.4 is 10.2 Å². The third-order valence-corrected chi connectivity index (χ3v) is 4.87. The molecule has 0 fully saturated rings. The number of nitrogens with one attached hydrogen (secondary N) is 1. The molecule has 0 bridgehead atoms. The molecule has 0 saturated heterocycles. The molecular formula is C20H26F2N4O. The Hall–Kier alpha value is -2.57. The fourth-order valence-electron chi connectivity index (χ4n) is 3.42. The van der Waals surface area contributed by atoms with E-state index in [0.717, 1.165) is 43.0 Å². The van der Waals surface area contributed by atoms with E-state index in [2.05, 4.69) is 35.5 Å². The quantitative estimate of drug-likeness (QED) is 0.703. The maximum Gasteiger partial charge on any atom is 0.261 e. The van der Waals surface area contributed by atoms with Crippen LogP contribution in [0.25, 0.3) is 11.4 Å². The minimum Gasteiger partial charge on any atom is -0.499 e. The van der Waals surface area contributed by atoms with Gasteiger partial charge in [0.15, 0.2) is 0 Å². The SMILES string of the molecule is C=COCC(C(F)F)N(C)c1cn2c(n1)-c1ccc(NCC)cc1CCC2. The van der Waals surface area contributed by atoms with E-state index in [1.165, 1.54) is 16.7 Å². The Labute approximate surface area is 158 Å². The lowest BCUT2D eigenvalue weighted by Gasteiger charge is -2.26. The summed E-state index contributed by atoms with van der Waals surface area (Å²) in [5.41, 5.74) is 3.38. The average molecular weight is 376 g/mol. The first-order valence-electron chi connectivity index (χ1n) is 9.23. The summed E-state index contributed by atoms with van der Waals surface area (Å²) >= 11 is 0. The summed E-state index contributed by atoms with van der Waals surface area (Å²) in [7, 11) is 1.63. The van der Waals surface area contributed by atoms with E-state index in [-0.39, 0.29) is 6.61 Å². The molecule has 0 saturated carbocycles. The van der Waals surface area contributed by atoms with Crippen LogP contribution in [0.5, 0.6) is 0 Å². The van der Waals surface area contributed by atoms with Crippen LogP contribution in [0.4, 0.5) is 20.3 Å². The molecule has 0 spiro atoms. The summed E-state index contributed by atoms with van der Waals surface area (Å²) in [4.78, 5) is 6.18. The number of alkyl halides is 2. The van der Waals surface area contributed by atoms with E-state index in [4.69, 9.17) is 9.72 Å². The number of imidazole rings is 1. The van der Waals surface area contributed by atoms with E-state index < -0.39 is 12.5 Å². The van der Waals surface area contributed by atoms with Crippen LogP contribution in [0, 0.1) is 0 Å². The fraction of sp³-hybridized carbons (Fsp3) is 0.450. The largest absolute Gasteiger partial charge is 0.499 e. The number of halogens is 2. The van der Waals surface area contributed by atoms with Gasteiger partial charge in [-0.1, -0.05) is 6.58 Å². The Morgan fingerprint density at radius 2 is 2.26 bits per heavy atom. The van der Waals surface area contributed by atoms with Gasteiger partial charge in [-0.3, -0.25) is 0 Å². The maximum atomic E-state index is 13.5. The van der Waals surface area contributed by atoms with Crippen molar-refractivity contribution in [3.05, 3.63) is 42.8 Å². The fourth-order valence-corrected chi connectivity index (χ4v) is 3.42. The number of anilines is 2. The minimum atomic E-state index is -2.55. The van der Waals surface area contributed by atoms with Crippen LogP contribution in [0.1, 0.15) is 18.9 Å². The lowest BCUT2D eigenvalue weighted by molar-refractivity contribution is 0.0756. The van der Waals surface area contributed by atoms with Crippen LogP contribution in [0.15, 0.2) is 37.2 Å². The number of ether oxygens (including phenoxy) is 1. The molecule has 2 aromatic rings. The van der Waals surface area contributed by atoms with Crippen molar-refractivity contribution >= 4 is 11.5 Å². The summed E-state index contributed by atoms with van der Waals surface area (Å²) in [6.45, 7) is 7.03. The molecule has 1 aliphatic rings. The molecular weight excluding hydrogens is 350 g/mol. The third kappa shape index (κ3) is 4.07. The zero-order valence-corrected chi connectivity index (χ0v) is 15.8. The van der Waals surface area contributed by atoms with Crippen molar-refractivity contribution in [1.29, 1.82) is 0 Å². The summed E-state index contributed by atoms with van der Waals surface area (Å²) in [5, 5.41) is 3.33. The topological polar surface area (TPSA) is 42.3 Å². The van der Waals surface area contributed by atoms with Crippen molar-refractivity contribution in [2.75, 3.05) is 30.4 Å². The van der Waals surface area contributed by atoms with Gasteiger partial charge in [0.05, 0.1) is 6.26 Å².